The Morgan fingerprint density at radius 2 is 2.05 bits per heavy atom. The highest BCUT2D eigenvalue weighted by molar-refractivity contribution is 5.82. The van der Waals surface area contributed by atoms with E-state index in [0.29, 0.717) is 12.4 Å². The molecule has 0 unspecified atom stereocenters. The van der Waals surface area contributed by atoms with E-state index in [9.17, 15) is 4.79 Å². The van der Waals surface area contributed by atoms with Gasteiger partial charge in [0.05, 0.1) is 6.61 Å². The van der Waals surface area contributed by atoms with Gasteiger partial charge in [-0.05, 0) is 33.6 Å². The molecule has 3 rings (SSSR count). The average Bonchev–Trinajstić information content (AvgIpc) is 3.05. The fourth-order valence-electron chi connectivity index (χ4n) is 3.31. The van der Waals surface area contributed by atoms with Gasteiger partial charge in [-0.15, -0.1) is 10.2 Å². The second-order valence-corrected chi connectivity index (χ2v) is 5.67. The first-order valence-corrected chi connectivity index (χ1v) is 7.45. The van der Waals surface area contributed by atoms with Crippen LogP contribution in [-0.4, -0.2) is 32.2 Å². The van der Waals surface area contributed by atoms with E-state index in [1.165, 1.54) is 0 Å². The Kier molecular flexibility index (Phi) is 3.39. The average molecular weight is 288 g/mol. The molecule has 2 aromatic rings. The van der Waals surface area contributed by atoms with Crippen molar-refractivity contribution < 1.29 is 9.53 Å². The summed E-state index contributed by atoms with van der Waals surface area (Å²) in [6.45, 7) is 6.06. The van der Waals surface area contributed by atoms with Gasteiger partial charge < -0.3 is 4.74 Å². The molecule has 2 aromatic heterocycles. The number of nitrogens with zero attached hydrogens (tertiary/aromatic N) is 4. The summed E-state index contributed by atoms with van der Waals surface area (Å²) >= 11 is 0. The Bertz CT molecular complexity index is 686. The van der Waals surface area contributed by atoms with Gasteiger partial charge in [0.1, 0.15) is 11.2 Å². The maximum atomic E-state index is 12.6. The Morgan fingerprint density at radius 1 is 1.33 bits per heavy atom. The van der Waals surface area contributed by atoms with Gasteiger partial charge in [-0.3, -0.25) is 9.20 Å². The summed E-state index contributed by atoms with van der Waals surface area (Å²) in [5.74, 6) is 1.30. The van der Waals surface area contributed by atoms with Crippen LogP contribution >= 0.6 is 0 Å². The zero-order valence-corrected chi connectivity index (χ0v) is 12.7. The molecule has 1 aliphatic carbocycles. The van der Waals surface area contributed by atoms with Crippen molar-refractivity contribution in [3.63, 3.8) is 0 Å². The molecule has 6 heteroatoms. The molecule has 6 nitrogen and oxygen atoms in total. The maximum absolute atomic E-state index is 12.6. The van der Waals surface area contributed by atoms with Gasteiger partial charge >= 0.3 is 5.97 Å². The molecule has 21 heavy (non-hydrogen) atoms. The number of aryl methyl sites for hydroxylation is 2. The summed E-state index contributed by atoms with van der Waals surface area (Å²) in [5, 5.41) is 8.56. The predicted octanol–water partition coefficient (Wildman–Crippen LogP) is 2.12. The first-order chi connectivity index (χ1) is 10.1. The molecule has 0 aliphatic heterocycles. The third kappa shape index (κ3) is 2.09. The third-order valence-corrected chi connectivity index (χ3v) is 4.24. The number of aromatic nitrogens is 4. The van der Waals surface area contributed by atoms with Crippen LogP contribution < -0.4 is 0 Å². The molecule has 0 saturated heterocycles. The van der Waals surface area contributed by atoms with Crippen molar-refractivity contribution in [2.45, 2.75) is 51.9 Å². The van der Waals surface area contributed by atoms with E-state index in [2.05, 4.69) is 15.2 Å². The highest BCUT2D eigenvalue weighted by Gasteiger charge is 2.48. The van der Waals surface area contributed by atoms with Crippen molar-refractivity contribution in [3.05, 3.63) is 23.4 Å². The lowest BCUT2D eigenvalue weighted by Crippen LogP contribution is -2.37. The number of hydrogen-bond donors (Lipinski definition) is 0. The number of ether oxygens (including phenoxy) is 1. The zero-order chi connectivity index (χ0) is 15.0. The van der Waals surface area contributed by atoms with Gasteiger partial charge in [-0.1, -0.05) is 12.8 Å². The van der Waals surface area contributed by atoms with E-state index < -0.39 is 5.41 Å². The largest absolute Gasteiger partial charge is 0.465 e. The molecule has 0 N–H and O–H groups in total. The van der Waals surface area contributed by atoms with Crippen LogP contribution in [0.1, 0.15) is 49.9 Å². The third-order valence-electron chi connectivity index (χ3n) is 4.24. The quantitative estimate of drug-likeness (QED) is 0.809. The van der Waals surface area contributed by atoms with Gasteiger partial charge in [0, 0.05) is 11.8 Å². The molecule has 0 amide bonds. The van der Waals surface area contributed by atoms with Crippen molar-refractivity contribution in [2.75, 3.05) is 6.61 Å². The molecule has 0 bridgehead atoms. The fourth-order valence-corrected chi connectivity index (χ4v) is 3.31. The molecule has 0 radical (unpaired) electrons. The first kappa shape index (κ1) is 14.0. The van der Waals surface area contributed by atoms with Crippen LogP contribution in [0.25, 0.3) is 5.65 Å². The molecule has 1 aliphatic rings. The lowest BCUT2D eigenvalue weighted by molar-refractivity contribution is -0.150. The number of hydrogen-bond acceptors (Lipinski definition) is 5. The summed E-state index contributed by atoms with van der Waals surface area (Å²) in [4.78, 5) is 17.0. The molecular weight excluding hydrogens is 268 g/mol. The van der Waals surface area contributed by atoms with Gasteiger partial charge in [-0.25, -0.2) is 4.98 Å². The van der Waals surface area contributed by atoms with Crippen LogP contribution in [0.2, 0.25) is 0 Å². The molecule has 2 heterocycles. The standard InChI is InChI=1S/C15H20N4O2/c1-4-21-14(20)15(7-5-6-8-15)13-18-17-12-9-10(2)16-11(3)19(12)13/h9H,4-8H2,1-3H3. The maximum Gasteiger partial charge on any atom is 0.319 e. The summed E-state index contributed by atoms with van der Waals surface area (Å²) in [7, 11) is 0. The molecule has 0 atom stereocenters. The minimum atomic E-state index is -0.670. The Balaban J connectivity index is 2.19. The highest BCUT2D eigenvalue weighted by atomic mass is 16.5. The topological polar surface area (TPSA) is 69.4 Å². The predicted molar refractivity (Wildman–Crippen MR) is 77.0 cm³/mol. The minimum Gasteiger partial charge on any atom is -0.465 e. The van der Waals surface area contributed by atoms with E-state index in [-0.39, 0.29) is 5.97 Å². The number of carbonyl (C=O) groups excluding carboxylic acids is 1. The van der Waals surface area contributed by atoms with Crippen LogP contribution in [0.15, 0.2) is 6.07 Å². The van der Waals surface area contributed by atoms with Crippen molar-refractivity contribution in [1.82, 2.24) is 19.6 Å². The van der Waals surface area contributed by atoms with Gasteiger partial charge in [0.25, 0.3) is 0 Å². The SMILES string of the molecule is CCOC(=O)C1(c2nnc3cc(C)nc(C)n23)CCCC1. The molecule has 1 saturated carbocycles. The molecule has 0 aromatic carbocycles. The monoisotopic (exact) mass is 288 g/mol. The van der Waals surface area contributed by atoms with Crippen molar-refractivity contribution in [3.8, 4) is 0 Å². The number of carbonyl (C=O) groups is 1. The molecule has 112 valence electrons. The lowest BCUT2D eigenvalue weighted by Gasteiger charge is -2.24. The summed E-state index contributed by atoms with van der Waals surface area (Å²) in [6.07, 6.45) is 3.54. The van der Waals surface area contributed by atoms with E-state index in [1.807, 2.05) is 31.2 Å². The summed E-state index contributed by atoms with van der Waals surface area (Å²) < 4.78 is 7.22. The van der Waals surface area contributed by atoms with Crippen LogP contribution in [-0.2, 0) is 14.9 Å². The van der Waals surface area contributed by atoms with E-state index in [1.54, 1.807) is 0 Å². The molecule has 0 spiro atoms. The van der Waals surface area contributed by atoms with Crippen molar-refractivity contribution in [2.24, 2.45) is 0 Å². The molecular formula is C15H20N4O2. The Labute approximate surface area is 123 Å². The minimum absolute atomic E-state index is 0.184. The smallest absolute Gasteiger partial charge is 0.319 e. The van der Waals surface area contributed by atoms with Crippen molar-refractivity contribution in [1.29, 1.82) is 0 Å². The zero-order valence-electron chi connectivity index (χ0n) is 12.7. The second-order valence-electron chi connectivity index (χ2n) is 5.67. The first-order valence-electron chi connectivity index (χ1n) is 7.45. The van der Waals surface area contributed by atoms with Gasteiger partial charge in [0.2, 0.25) is 0 Å². The fraction of sp³-hybridized carbons (Fsp3) is 0.600. The highest BCUT2D eigenvalue weighted by Crippen LogP contribution is 2.41. The van der Waals surface area contributed by atoms with Gasteiger partial charge in [-0.2, -0.15) is 0 Å². The van der Waals surface area contributed by atoms with E-state index in [4.69, 9.17) is 4.74 Å². The van der Waals surface area contributed by atoms with E-state index >= 15 is 0 Å². The number of esters is 1. The summed E-state index contributed by atoms with van der Waals surface area (Å²) in [6, 6.07) is 1.89. The normalized spacial score (nSPS) is 17.3. The number of rotatable bonds is 3. The van der Waals surface area contributed by atoms with Crippen LogP contribution in [0.3, 0.4) is 0 Å². The Hall–Kier alpha value is -1.98. The second kappa shape index (κ2) is 5.09. The van der Waals surface area contributed by atoms with E-state index in [0.717, 1.165) is 42.8 Å². The van der Waals surface area contributed by atoms with Gasteiger partial charge in [0.15, 0.2) is 11.5 Å². The van der Waals surface area contributed by atoms with Crippen molar-refractivity contribution >= 4 is 11.6 Å². The lowest BCUT2D eigenvalue weighted by atomic mass is 9.85. The summed E-state index contributed by atoms with van der Waals surface area (Å²) in [5.41, 5.74) is 0.970. The van der Waals surface area contributed by atoms with Crippen LogP contribution in [0, 0.1) is 13.8 Å². The molecule has 1 fully saturated rings. The number of fused-ring (bicyclic) bond motifs is 1. The Morgan fingerprint density at radius 3 is 2.71 bits per heavy atom. The van der Waals surface area contributed by atoms with Crippen LogP contribution in [0.5, 0.6) is 0 Å². The van der Waals surface area contributed by atoms with Crippen LogP contribution in [0.4, 0.5) is 0 Å².